The van der Waals surface area contributed by atoms with Crippen molar-refractivity contribution in [1.82, 2.24) is 15.2 Å². The minimum absolute atomic E-state index is 0.0364. The van der Waals surface area contributed by atoms with Gasteiger partial charge < -0.3 is 10.2 Å². The molecule has 1 aromatic heterocycles. The molecule has 0 fully saturated rings. The summed E-state index contributed by atoms with van der Waals surface area (Å²) in [6.07, 6.45) is 1.91. The predicted octanol–water partition coefficient (Wildman–Crippen LogP) is 3.40. The molecule has 0 unspecified atom stereocenters. The molecule has 0 aliphatic rings. The van der Waals surface area contributed by atoms with Crippen molar-refractivity contribution in [2.24, 2.45) is 0 Å². The second-order valence-corrected chi connectivity index (χ2v) is 6.94. The molecule has 5 nitrogen and oxygen atoms in total. The number of hydrogen-bond donors (Lipinski definition) is 1. The Hall–Kier alpha value is -2.28. The Balaban J connectivity index is 2.00. The summed E-state index contributed by atoms with van der Waals surface area (Å²) in [7, 11) is 0. The van der Waals surface area contributed by atoms with Gasteiger partial charge in [-0.2, -0.15) is 0 Å². The Morgan fingerprint density at radius 3 is 2.58 bits per heavy atom. The molecule has 140 valence electrons. The van der Waals surface area contributed by atoms with Crippen molar-refractivity contribution < 1.29 is 14.0 Å². The SMILES string of the molecule is CCCNC(=O)c1csc(CN(CCC)C(=O)Cc2ccc(F)cc2)n1. The van der Waals surface area contributed by atoms with Crippen molar-refractivity contribution in [2.45, 2.75) is 39.7 Å². The maximum atomic E-state index is 13.0. The molecule has 26 heavy (non-hydrogen) atoms. The quantitative estimate of drug-likeness (QED) is 0.728. The third-order valence-corrected chi connectivity index (χ3v) is 4.59. The van der Waals surface area contributed by atoms with E-state index in [-0.39, 0.29) is 24.1 Å². The molecule has 7 heteroatoms. The standard InChI is InChI=1S/C19H24FN3O2S/c1-3-9-21-19(25)16-13-26-17(22-16)12-23(10-4-2)18(24)11-14-5-7-15(20)8-6-14/h5-8,13H,3-4,9-12H2,1-2H3,(H,21,25). The summed E-state index contributed by atoms with van der Waals surface area (Å²) in [5.41, 5.74) is 1.16. The van der Waals surface area contributed by atoms with Crippen molar-refractivity contribution in [2.75, 3.05) is 13.1 Å². The van der Waals surface area contributed by atoms with E-state index in [9.17, 15) is 14.0 Å². The smallest absolute Gasteiger partial charge is 0.270 e. The molecule has 0 atom stereocenters. The average molecular weight is 377 g/mol. The zero-order valence-corrected chi connectivity index (χ0v) is 15.9. The van der Waals surface area contributed by atoms with Gasteiger partial charge in [-0.1, -0.05) is 26.0 Å². The first-order chi connectivity index (χ1) is 12.5. The Bertz CT molecular complexity index is 731. The van der Waals surface area contributed by atoms with Gasteiger partial charge in [-0.15, -0.1) is 11.3 Å². The van der Waals surface area contributed by atoms with Gasteiger partial charge in [0.05, 0.1) is 13.0 Å². The van der Waals surface area contributed by atoms with Crippen molar-refractivity contribution in [3.8, 4) is 0 Å². The summed E-state index contributed by atoms with van der Waals surface area (Å²) < 4.78 is 13.0. The Kier molecular flexibility index (Phi) is 7.72. The molecule has 0 radical (unpaired) electrons. The van der Waals surface area contributed by atoms with Crippen LogP contribution in [0.15, 0.2) is 29.6 Å². The van der Waals surface area contributed by atoms with Crippen LogP contribution >= 0.6 is 11.3 Å². The lowest BCUT2D eigenvalue weighted by Gasteiger charge is -2.21. The molecule has 2 amide bonds. The fraction of sp³-hybridized carbons (Fsp3) is 0.421. The molecule has 0 saturated carbocycles. The number of nitrogens with zero attached hydrogens (tertiary/aromatic N) is 2. The molecular formula is C19H24FN3O2S. The number of aromatic nitrogens is 1. The fourth-order valence-electron chi connectivity index (χ4n) is 2.43. The number of carbonyl (C=O) groups is 2. The molecule has 0 aliphatic heterocycles. The third kappa shape index (κ3) is 5.91. The first-order valence-electron chi connectivity index (χ1n) is 8.78. The minimum Gasteiger partial charge on any atom is -0.351 e. The summed E-state index contributed by atoms with van der Waals surface area (Å²) in [5, 5.41) is 5.24. The number of nitrogens with one attached hydrogen (secondary N) is 1. The molecular weight excluding hydrogens is 353 g/mol. The van der Waals surface area contributed by atoms with Gasteiger partial charge in [0.1, 0.15) is 16.5 Å². The monoisotopic (exact) mass is 377 g/mol. The van der Waals surface area contributed by atoms with Crippen LogP contribution in [0.5, 0.6) is 0 Å². The number of rotatable bonds is 9. The predicted molar refractivity (Wildman–Crippen MR) is 101 cm³/mol. The highest BCUT2D eigenvalue weighted by molar-refractivity contribution is 7.09. The van der Waals surface area contributed by atoms with Crippen molar-refractivity contribution in [3.05, 3.63) is 51.7 Å². The molecule has 1 heterocycles. The topological polar surface area (TPSA) is 62.3 Å². The Labute approximate surface area is 157 Å². The summed E-state index contributed by atoms with van der Waals surface area (Å²) >= 11 is 1.38. The van der Waals surface area contributed by atoms with E-state index in [0.29, 0.717) is 25.3 Å². The van der Waals surface area contributed by atoms with Crippen LogP contribution in [0.3, 0.4) is 0 Å². The molecule has 0 saturated heterocycles. The van der Waals surface area contributed by atoms with Crippen LogP contribution in [0.1, 0.15) is 47.7 Å². The van der Waals surface area contributed by atoms with Crippen LogP contribution in [0.2, 0.25) is 0 Å². The van der Waals surface area contributed by atoms with E-state index in [1.54, 1.807) is 22.4 Å². The molecule has 0 bridgehead atoms. The Morgan fingerprint density at radius 2 is 1.92 bits per heavy atom. The summed E-state index contributed by atoms with van der Waals surface area (Å²) in [6.45, 7) is 5.59. The first kappa shape index (κ1) is 20.0. The van der Waals surface area contributed by atoms with Gasteiger partial charge in [0.2, 0.25) is 5.91 Å². The molecule has 1 N–H and O–H groups in total. The van der Waals surface area contributed by atoms with E-state index in [4.69, 9.17) is 0 Å². The number of benzene rings is 1. The van der Waals surface area contributed by atoms with E-state index >= 15 is 0 Å². The summed E-state index contributed by atoms with van der Waals surface area (Å²) in [5.74, 6) is -0.539. The van der Waals surface area contributed by atoms with Gasteiger partial charge in [0.15, 0.2) is 0 Å². The number of amides is 2. The maximum absolute atomic E-state index is 13.0. The highest BCUT2D eigenvalue weighted by Gasteiger charge is 2.17. The van der Waals surface area contributed by atoms with Crippen LogP contribution in [-0.4, -0.2) is 34.8 Å². The van der Waals surface area contributed by atoms with E-state index in [1.807, 2.05) is 13.8 Å². The Morgan fingerprint density at radius 1 is 1.19 bits per heavy atom. The van der Waals surface area contributed by atoms with E-state index in [2.05, 4.69) is 10.3 Å². The number of carbonyl (C=O) groups excluding carboxylic acids is 2. The highest BCUT2D eigenvalue weighted by Crippen LogP contribution is 2.14. The van der Waals surface area contributed by atoms with Gasteiger partial charge in [-0.05, 0) is 30.5 Å². The van der Waals surface area contributed by atoms with Gasteiger partial charge in [-0.3, -0.25) is 9.59 Å². The lowest BCUT2D eigenvalue weighted by molar-refractivity contribution is -0.131. The molecule has 2 aromatic rings. The number of halogens is 1. The van der Waals surface area contributed by atoms with E-state index < -0.39 is 0 Å². The average Bonchev–Trinajstić information content (AvgIpc) is 3.10. The highest BCUT2D eigenvalue weighted by atomic mass is 32.1. The molecule has 1 aromatic carbocycles. The molecule has 2 rings (SSSR count). The number of thiazole rings is 1. The van der Waals surface area contributed by atoms with Crippen LogP contribution < -0.4 is 5.32 Å². The van der Waals surface area contributed by atoms with Crippen LogP contribution in [0.4, 0.5) is 4.39 Å². The van der Waals surface area contributed by atoms with Gasteiger partial charge in [-0.25, -0.2) is 9.37 Å². The van der Waals surface area contributed by atoms with Crippen molar-refractivity contribution in [1.29, 1.82) is 0 Å². The van der Waals surface area contributed by atoms with Gasteiger partial charge in [0.25, 0.3) is 5.91 Å². The van der Waals surface area contributed by atoms with Gasteiger partial charge in [0, 0.05) is 18.5 Å². The van der Waals surface area contributed by atoms with Gasteiger partial charge >= 0.3 is 0 Å². The first-order valence-corrected chi connectivity index (χ1v) is 9.66. The third-order valence-electron chi connectivity index (χ3n) is 3.76. The minimum atomic E-state index is -0.316. The zero-order chi connectivity index (χ0) is 18.9. The van der Waals surface area contributed by atoms with Crippen LogP contribution in [0.25, 0.3) is 0 Å². The molecule has 0 aliphatic carbocycles. The van der Waals surface area contributed by atoms with Crippen LogP contribution in [0, 0.1) is 5.82 Å². The van der Waals surface area contributed by atoms with Crippen molar-refractivity contribution >= 4 is 23.2 Å². The summed E-state index contributed by atoms with van der Waals surface area (Å²) in [6, 6.07) is 5.96. The summed E-state index contributed by atoms with van der Waals surface area (Å²) in [4.78, 5) is 30.6. The normalized spacial score (nSPS) is 10.6. The van der Waals surface area contributed by atoms with E-state index in [0.717, 1.165) is 23.4 Å². The zero-order valence-electron chi connectivity index (χ0n) is 15.1. The maximum Gasteiger partial charge on any atom is 0.270 e. The second-order valence-electron chi connectivity index (χ2n) is 6.00. The fourth-order valence-corrected chi connectivity index (χ4v) is 3.22. The second kappa shape index (κ2) is 10.0. The largest absolute Gasteiger partial charge is 0.351 e. The van der Waals surface area contributed by atoms with Crippen molar-refractivity contribution in [3.63, 3.8) is 0 Å². The lowest BCUT2D eigenvalue weighted by atomic mass is 10.1. The molecule has 0 spiro atoms. The lowest BCUT2D eigenvalue weighted by Crippen LogP contribution is -2.32. The van der Waals surface area contributed by atoms with Crippen LogP contribution in [-0.2, 0) is 17.8 Å². The van der Waals surface area contributed by atoms with E-state index in [1.165, 1.54) is 23.5 Å². The number of hydrogen-bond acceptors (Lipinski definition) is 4.